The van der Waals surface area contributed by atoms with Crippen LogP contribution in [-0.4, -0.2) is 54.3 Å². The summed E-state index contributed by atoms with van der Waals surface area (Å²) in [6.07, 6.45) is 5.12. The fourth-order valence-corrected chi connectivity index (χ4v) is 5.50. The molecule has 13 atom stereocenters. The van der Waals surface area contributed by atoms with Crippen LogP contribution in [0.15, 0.2) is 12.3 Å². The van der Waals surface area contributed by atoms with Gasteiger partial charge in [0, 0.05) is 23.7 Å². The van der Waals surface area contributed by atoms with Crippen molar-refractivity contribution in [3.63, 3.8) is 0 Å². The average molecular weight is 455 g/mol. The third-order valence-corrected chi connectivity index (χ3v) is 8.16. The monoisotopic (exact) mass is 454 g/mol. The lowest BCUT2D eigenvalue weighted by Gasteiger charge is -2.49. The van der Waals surface area contributed by atoms with Crippen molar-refractivity contribution in [2.45, 2.75) is 124 Å². The standard InChI is InChI=1S/C26H46O6/c1-9-19-17(7)22(27)18(8)26(29-19)32-24-15(5)16(6)25(30-21(24)11-3)31-23-14(4)12-13-28-20(23)10-2/h12-27H,9-11H2,1-8H3/t14?,15-,16?,17+,18?,19?,20?,21?,22+,23+,24-,25+,26-/m1/s1. The number of rotatable bonds is 7. The van der Waals surface area contributed by atoms with Gasteiger partial charge in [0.2, 0.25) is 0 Å². The molecule has 0 aromatic rings. The zero-order valence-electron chi connectivity index (χ0n) is 21.3. The maximum atomic E-state index is 10.8. The van der Waals surface area contributed by atoms with Gasteiger partial charge in [0.15, 0.2) is 12.6 Å². The topological polar surface area (TPSA) is 66.4 Å². The van der Waals surface area contributed by atoms with Gasteiger partial charge >= 0.3 is 0 Å². The summed E-state index contributed by atoms with van der Waals surface area (Å²) in [5.74, 6) is 0.678. The summed E-state index contributed by atoms with van der Waals surface area (Å²) < 4.78 is 31.8. The minimum Gasteiger partial charge on any atom is -0.496 e. The van der Waals surface area contributed by atoms with Crippen LogP contribution >= 0.6 is 0 Å². The van der Waals surface area contributed by atoms with E-state index in [-0.39, 0.29) is 66.4 Å². The Morgan fingerprint density at radius 1 is 0.688 bits per heavy atom. The van der Waals surface area contributed by atoms with Crippen molar-refractivity contribution in [1.82, 2.24) is 0 Å². The van der Waals surface area contributed by atoms with Crippen molar-refractivity contribution in [1.29, 1.82) is 0 Å². The Morgan fingerprint density at radius 3 is 1.88 bits per heavy atom. The number of ether oxygens (including phenoxy) is 5. The minimum absolute atomic E-state index is 0.00594. The molecule has 3 rings (SSSR count). The fourth-order valence-electron chi connectivity index (χ4n) is 5.50. The molecule has 6 heteroatoms. The van der Waals surface area contributed by atoms with E-state index in [0.29, 0.717) is 0 Å². The summed E-state index contributed by atoms with van der Waals surface area (Å²) >= 11 is 0. The first-order valence-corrected chi connectivity index (χ1v) is 12.8. The van der Waals surface area contributed by atoms with Crippen molar-refractivity contribution in [2.75, 3.05) is 0 Å². The van der Waals surface area contributed by atoms with Crippen LogP contribution in [-0.2, 0) is 23.7 Å². The predicted octanol–water partition coefficient (Wildman–Crippen LogP) is 4.89. The molecule has 6 nitrogen and oxygen atoms in total. The zero-order chi connectivity index (χ0) is 23.6. The molecule has 0 amide bonds. The molecule has 0 aliphatic carbocycles. The molecule has 0 radical (unpaired) electrons. The van der Waals surface area contributed by atoms with Gasteiger partial charge < -0.3 is 28.8 Å². The second kappa shape index (κ2) is 11.2. The van der Waals surface area contributed by atoms with Gasteiger partial charge in [-0.25, -0.2) is 0 Å². The molecule has 1 N–H and O–H groups in total. The lowest BCUT2D eigenvalue weighted by Crippen LogP contribution is -2.57. The van der Waals surface area contributed by atoms with Gasteiger partial charge in [-0.1, -0.05) is 55.4 Å². The van der Waals surface area contributed by atoms with E-state index in [9.17, 15) is 5.11 Å². The lowest BCUT2D eigenvalue weighted by molar-refractivity contribution is -0.336. The Kier molecular flexibility index (Phi) is 9.07. The zero-order valence-corrected chi connectivity index (χ0v) is 21.3. The summed E-state index contributed by atoms with van der Waals surface area (Å²) in [6, 6.07) is 0. The van der Waals surface area contributed by atoms with Crippen LogP contribution in [0, 0.1) is 29.6 Å². The summed E-state index contributed by atoms with van der Waals surface area (Å²) in [7, 11) is 0. The van der Waals surface area contributed by atoms with Gasteiger partial charge in [0.1, 0.15) is 12.2 Å². The third-order valence-electron chi connectivity index (χ3n) is 8.16. The highest BCUT2D eigenvalue weighted by Crippen LogP contribution is 2.40. The SMILES string of the molecule is CCC1OC=CC(C)[C@@H]1O[C@@H]1OC(CC)[C@H](O[C@H]2OC(CC)[C@H](C)[C@H](O)C2C)[C@H](C)C1C. The molecule has 186 valence electrons. The molecule has 0 aromatic heterocycles. The summed E-state index contributed by atoms with van der Waals surface area (Å²) in [4.78, 5) is 0. The van der Waals surface area contributed by atoms with Gasteiger partial charge in [0.25, 0.3) is 0 Å². The molecular formula is C26H46O6. The maximum absolute atomic E-state index is 10.8. The molecule has 32 heavy (non-hydrogen) atoms. The third kappa shape index (κ3) is 5.20. The van der Waals surface area contributed by atoms with Gasteiger partial charge in [-0.2, -0.15) is 0 Å². The highest BCUT2D eigenvalue weighted by molar-refractivity contribution is 4.96. The largest absolute Gasteiger partial charge is 0.496 e. The molecule has 3 aliphatic heterocycles. The van der Waals surface area contributed by atoms with Gasteiger partial charge in [-0.3, -0.25) is 0 Å². The molecule has 3 aliphatic rings. The molecule has 3 heterocycles. The molecule has 0 saturated carbocycles. The van der Waals surface area contributed by atoms with E-state index in [1.165, 1.54) is 0 Å². The second-order valence-electron chi connectivity index (χ2n) is 10.3. The lowest BCUT2D eigenvalue weighted by atomic mass is 9.82. The number of hydrogen-bond acceptors (Lipinski definition) is 6. The van der Waals surface area contributed by atoms with E-state index in [4.69, 9.17) is 23.7 Å². The van der Waals surface area contributed by atoms with E-state index < -0.39 is 12.4 Å². The van der Waals surface area contributed by atoms with Crippen LogP contribution in [0.25, 0.3) is 0 Å². The molecule has 2 saturated heterocycles. The number of aliphatic hydroxyl groups is 1. The van der Waals surface area contributed by atoms with Gasteiger partial charge in [-0.05, 0) is 31.3 Å². The Hall–Kier alpha value is -0.660. The quantitative estimate of drug-likeness (QED) is 0.591. The fraction of sp³-hybridized carbons (Fsp3) is 0.923. The summed E-state index contributed by atoms with van der Waals surface area (Å²) in [6.45, 7) is 17.0. The molecule has 0 spiro atoms. The summed E-state index contributed by atoms with van der Waals surface area (Å²) in [5, 5.41) is 10.8. The van der Waals surface area contributed by atoms with Crippen LogP contribution in [0.4, 0.5) is 0 Å². The van der Waals surface area contributed by atoms with Crippen molar-refractivity contribution in [2.24, 2.45) is 29.6 Å². The van der Waals surface area contributed by atoms with Gasteiger partial charge in [0.05, 0.1) is 30.7 Å². The van der Waals surface area contributed by atoms with E-state index in [1.54, 1.807) is 6.26 Å². The molecule has 0 aromatic carbocycles. The Bertz CT molecular complexity index is 607. The van der Waals surface area contributed by atoms with Crippen LogP contribution in [0.5, 0.6) is 0 Å². The number of hydrogen-bond donors (Lipinski definition) is 1. The Morgan fingerprint density at radius 2 is 1.25 bits per heavy atom. The normalized spacial score (nSPS) is 49.6. The van der Waals surface area contributed by atoms with Crippen LogP contribution in [0.1, 0.15) is 74.7 Å². The van der Waals surface area contributed by atoms with Crippen LogP contribution in [0.2, 0.25) is 0 Å². The van der Waals surface area contributed by atoms with Crippen molar-refractivity contribution in [3.05, 3.63) is 12.3 Å². The van der Waals surface area contributed by atoms with E-state index in [2.05, 4.69) is 54.5 Å². The molecular weight excluding hydrogens is 408 g/mol. The van der Waals surface area contributed by atoms with Gasteiger partial charge in [-0.15, -0.1) is 0 Å². The predicted molar refractivity (Wildman–Crippen MR) is 124 cm³/mol. The summed E-state index contributed by atoms with van der Waals surface area (Å²) in [5.41, 5.74) is 0. The average Bonchev–Trinajstić information content (AvgIpc) is 2.79. The van der Waals surface area contributed by atoms with Crippen molar-refractivity contribution >= 4 is 0 Å². The van der Waals surface area contributed by atoms with E-state index >= 15 is 0 Å². The smallest absolute Gasteiger partial charge is 0.163 e. The second-order valence-corrected chi connectivity index (χ2v) is 10.3. The van der Waals surface area contributed by atoms with Crippen molar-refractivity contribution in [3.8, 4) is 0 Å². The highest BCUT2D eigenvalue weighted by Gasteiger charge is 2.48. The first-order valence-electron chi connectivity index (χ1n) is 12.8. The van der Waals surface area contributed by atoms with E-state index in [0.717, 1.165) is 19.3 Å². The molecule has 6 unspecified atom stereocenters. The highest BCUT2D eigenvalue weighted by atomic mass is 16.7. The first kappa shape index (κ1) is 26.0. The number of aliphatic hydroxyl groups excluding tert-OH is 1. The van der Waals surface area contributed by atoms with E-state index in [1.807, 2.05) is 6.92 Å². The first-order chi connectivity index (χ1) is 15.2. The van der Waals surface area contributed by atoms with Crippen LogP contribution in [0.3, 0.4) is 0 Å². The maximum Gasteiger partial charge on any atom is 0.163 e. The Labute approximate surface area is 195 Å². The minimum atomic E-state index is -0.432. The Balaban J connectivity index is 1.70. The molecule has 2 fully saturated rings. The molecule has 0 bridgehead atoms. The van der Waals surface area contributed by atoms with Crippen molar-refractivity contribution < 1.29 is 28.8 Å². The van der Waals surface area contributed by atoms with Crippen LogP contribution < -0.4 is 0 Å².